The molecule has 7 heavy (non-hydrogen) atoms. The summed E-state index contributed by atoms with van der Waals surface area (Å²) in [7, 11) is 0. The van der Waals surface area contributed by atoms with E-state index in [4.69, 9.17) is 0 Å². The van der Waals surface area contributed by atoms with Crippen molar-refractivity contribution in [2.45, 2.75) is 13.3 Å². The Balaban J connectivity index is 0.000000360. The summed E-state index contributed by atoms with van der Waals surface area (Å²) >= 11 is 0. The van der Waals surface area contributed by atoms with Gasteiger partial charge < -0.3 is 0 Å². The van der Waals surface area contributed by atoms with Gasteiger partial charge in [0.15, 0.2) is 0 Å². The minimum atomic E-state index is 0. The maximum Gasteiger partial charge on any atom is 0 e. The van der Waals surface area contributed by atoms with E-state index in [0.29, 0.717) is 0 Å². The summed E-state index contributed by atoms with van der Waals surface area (Å²) in [4.78, 5) is 0. The predicted molar refractivity (Wildman–Crippen MR) is 26.2 cm³/mol. The Morgan fingerprint density at radius 3 is 2.57 bits per heavy atom. The molecule has 0 aromatic carbocycles. The third-order valence-electron chi connectivity index (χ3n) is 0.872. The quantitative estimate of drug-likeness (QED) is 0.343. The van der Waals surface area contributed by atoms with Crippen LogP contribution in [0, 0.1) is 6.08 Å². The zero-order valence-electron chi connectivity index (χ0n) is 4.36. The van der Waals surface area contributed by atoms with E-state index < -0.39 is 0 Å². The molecule has 0 fully saturated rings. The van der Waals surface area contributed by atoms with Crippen LogP contribution in [0.15, 0.2) is 17.7 Å². The first-order valence-corrected chi connectivity index (χ1v) is 2.13. The van der Waals surface area contributed by atoms with Gasteiger partial charge in [0.2, 0.25) is 0 Å². The Morgan fingerprint density at radius 2 is 2.43 bits per heavy atom. The van der Waals surface area contributed by atoms with E-state index in [2.05, 4.69) is 19.1 Å². The fourth-order valence-electron chi connectivity index (χ4n) is 0.496. The second kappa shape index (κ2) is 3.23. The zero-order valence-corrected chi connectivity index (χ0v) is 5.92. The van der Waals surface area contributed by atoms with E-state index in [1.165, 1.54) is 5.57 Å². The van der Waals surface area contributed by atoms with E-state index in [0.717, 1.165) is 6.42 Å². The van der Waals surface area contributed by atoms with Crippen LogP contribution in [0.4, 0.5) is 0 Å². The van der Waals surface area contributed by atoms with Gasteiger partial charge in [-0.1, -0.05) is 13.3 Å². The average Bonchev–Trinajstić information content (AvgIpc) is 1.86. The SMILES string of the molecule is CC1=[C-]C=CC1.[Ti]. The number of rotatable bonds is 0. The van der Waals surface area contributed by atoms with Gasteiger partial charge in [0.05, 0.1) is 0 Å². The normalized spacial score (nSPS) is 15.9. The van der Waals surface area contributed by atoms with E-state index in [1.54, 1.807) is 0 Å². The van der Waals surface area contributed by atoms with Crippen molar-refractivity contribution in [3.8, 4) is 0 Å². The molecule has 0 aliphatic heterocycles. The molecule has 0 saturated heterocycles. The van der Waals surface area contributed by atoms with Gasteiger partial charge in [-0.15, -0.1) is 0 Å². The number of hydrogen-bond donors (Lipinski definition) is 0. The Labute approximate surface area is 59.2 Å². The Bertz CT molecular complexity index is 101. The van der Waals surface area contributed by atoms with Gasteiger partial charge in [-0.05, 0) is 0 Å². The van der Waals surface area contributed by atoms with E-state index in [1.807, 2.05) is 6.08 Å². The molecule has 36 valence electrons. The zero-order chi connectivity index (χ0) is 4.41. The standard InChI is InChI=1S/C6H7.Ti/c1-6-4-2-3-5-6;/h2-3H,4H2,1H3;/q-1;. The van der Waals surface area contributed by atoms with Crippen molar-refractivity contribution in [1.82, 2.24) is 0 Å². The largest absolute Gasteiger partial charge is 0.253 e. The molecule has 0 unspecified atom stereocenters. The molecule has 0 bridgehead atoms. The monoisotopic (exact) mass is 127 g/mol. The Hall–Kier alpha value is 0.194. The Kier molecular flexibility index (Phi) is 3.32. The molecule has 0 heterocycles. The minimum Gasteiger partial charge on any atom is -0.253 e. The van der Waals surface area contributed by atoms with Crippen LogP contribution in [0.2, 0.25) is 0 Å². The summed E-state index contributed by atoms with van der Waals surface area (Å²) in [5.74, 6) is 0. The van der Waals surface area contributed by atoms with Crippen LogP contribution in [-0.4, -0.2) is 0 Å². The number of allylic oxidation sites excluding steroid dienone is 4. The molecule has 0 atom stereocenters. The van der Waals surface area contributed by atoms with Crippen LogP contribution >= 0.6 is 0 Å². The maximum absolute atomic E-state index is 3.06. The third kappa shape index (κ3) is 2.11. The fraction of sp³-hybridized carbons (Fsp3) is 0.333. The van der Waals surface area contributed by atoms with Gasteiger partial charge in [0.25, 0.3) is 0 Å². The summed E-state index contributed by atoms with van der Waals surface area (Å²) < 4.78 is 0. The molecule has 1 aliphatic rings. The summed E-state index contributed by atoms with van der Waals surface area (Å²) in [5, 5.41) is 0. The summed E-state index contributed by atoms with van der Waals surface area (Å²) in [6, 6.07) is 0. The smallest absolute Gasteiger partial charge is 0 e. The van der Waals surface area contributed by atoms with E-state index in [9.17, 15) is 0 Å². The minimum absolute atomic E-state index is 0. The van der Waals surface area contributed by atoms with Gasteiger partial charge >= 0.3 is 0 Å². The topological polar surface area (TPSA) is 0 Å². The molecule has 1 aliphatic carbocycles. The molecule has 1 heteroatoms. The maximum atomic E-state index is 3.06. The van der Waals surface area contributed by atoms with Crippen molar-refractivity contribution in [2.75, 3.05) is 0 Å². The van der Waals surface area contributed by atoms with Gasteiger partial charge in [-0.3, -0.25) is 6.08 Å². The van der Waals surface area contributed by atoms with Crippen molar-refractivity contribution >= 4 is 0 Å². The Morgan fingerprint density at radius 1 is 1.71 bits per heavy atom. The van der Waals surface area contributed by atoms with E-state index >= 15 is 0 Å². The van der Waals surface area contributed by atoms with Crippen molar-refractivity contribution in [3.05, 3.63) is 23.8 Å². The van der Waals surface area contributed by atoms with Gasteiger partial charge in [-0.25, -0.2) is 12.2 Å². The van der Waals surface area contributed by atoms with Crippen molar-refractivity contribution in [2.24, 2.45) is 0 Å². The average molecular weight is 127 g/mol. The first kappa shape index (κ1) is 7.19. The molecule has 0 aromatic rings. The van der Waals surface area contributed by atoms with Crippen LogP contribution in [0.1, 0.15) is 13.3 Å². The molecule has 0 spiro atoms. The second-order valence-corrected chi connectivity index (χ2v) is 1.53. The van der Waals surface area contributed by atoms with Gasteiger partial charge in [-0.2, -0.15) is 5.57 Å². The number of hydrogen-bond acceptors (Lipinski definition) is 0. The molecule has 0 aromatic heterocycles. The van der Waals surface area contributed by atoms with E-state index in [-0.39, 0.29) is 21.7 Å². The third-order valence-corrected chi connectivity index (χ3v) is 0.872. The molecule has 1 rings (SSSR count). The molecule has 0 radical (unpaired) electrons. The molecule has 0 N–H and O–H groups in total. The molecular formula is C6H7Ti-. The molecule has 0 amide bonds. The van der Waals surface area contributed by atoms with Crippen LogP contribution < -0.4 is 0 Å². The summed E-state index contributed by atoms with van der Waals surface area (Å²) in [5.41, 5.74) is 1.34. The molecule has 0 nitrogen and oxygen atoms in total. The van der Waals surface area contributed by atoms with Gasteiger partial charge in [0.1, 0.15) is 0 Å². The van der Waals surface area contributed by atoms with Gasteiger partial charge in [0, 0.05) is 21.7 Å². The van der Waals surface area contributed by atoms with Crippen LogP contribution in [0.25, 0.3) is 0 Å². The first-order chi connectivity index (χ1) is 2.89. The molecular weight excluding hydrogens is 120 g/mol. The van der Waals surface area contributed by atoms with Crippen LogP contribution in [-0.2, 0) is 21.7 Å². The van der Waals surface area contributed by atoms with Crippen LogP contribution in [0.3, 0.4) is 0 Å². The predicted octanol–water partition coefficient (Wildman–Crippen LogP) is 1.69. The summed E-state index contributed by atoms with van der Waals surface area (Å²) in [6.45, 7) is 2.08. The van der Waals surface area contributed by atoms with Crippen molar-refractivity contribution < 1.29 is 21.7 Å². The first-order valence-electron chi connectivity index (χ1n) is 2.13. The van der Waals surface area contributed by atoms with Crippen LogP contribution in [0.5, 0.6) is 0 Å². The summed E-state index contributed by atoms with van der Waals surface area (Å²) in [6.07, 6.45) is 8.24. The van der Waals surface area contributed by atoms with Crippen molar-refractivity contribution in [1.29, 1.82) is 0 Å². The van der Waals surface area contributed by atoms with Crippen molar-refractivity contribution in [3.63, 3.8) is 0 Å². The fourth-order valence-corrected chi connectivity index (χ4v) is 0.496. The second-order valence-electron chi connectivity index (χ2n) is 1.53. The molecule has 0 saturated carbocycles.